The van der Waals surface area contributed by atoms with Crippen LogP contribution in [0.4, 0.5) is 0 Å². The summed E-state index contributed by atoms with van der Waals surface area (Å²) in [5.41, 5.74) is 1.50. The molecule has 1 N–H and O–H groups in total. The van der Waals surface area contributed by atoms with E-state index in [1.54, 1.807) is 23.6 Å². The standard InChI is InChI=1S/C12H12N4OS/c1-8-13-3-2-10(14-8)11(17)6-9-7-16-4-5-18-12(16)15-9/h2-5,7,11,17H,6H2,1H3. The molecule has 3 aromatic heterocycles. The molecule has 0 aliphatic heterocycles. The summed E-state index contributed by atoms with van der Waals surface area (Å²) in [4.78, 5) is 13.6. The summed E-state index contributed by atoms with van der Waals surface area (Å²) in [5.74, 6) is 0.664. The van der Waals surface area contributed by atoms with E-state index in [4.69, 9.17) is 0 Å². The lowest BCUT2D eigenvalue weighted by molar-refractivity contribution is 0.172. The lowest BCUT2D eigenvalue weighted by atomic mass is 10.1. The molecule has 0 bridgehead atoms. The lowest BCUT2D eigenvalue weighted by Gasteiger charge is -2.08. The summed E-state index contributed by atoms with van der Waals surface area (Å²) in [6.45, 7) is 1.81. The molecule has 1 atom stereocenters. The zero-order valence-electron chi connectivity index (χ0n) is 9.82. The highest BCUT2D eigenvalue weighted by atomic mass is 32.1. The first-order chi connectivity index (χ1) is 8.72. The number of nitrogens with zero attached hydrogens (tertiary/aromatic N) is 4. The van der Waals surface area contributed by atoms with Crippen LogP contribution in [0.5, 0.6) is 0 Å². The maximum Gasteiger partial charge on any atom is 0.193 e. The van der Waals surface area contributed by atoms with Crippen LogP contribution >= 0.6 is 11.3 Å². The number of aliphatic hydroxyl groups is 1. The van der Waals surface area contributed by atoms with E-state index in [-0.39, 0.29) is 0 Å². The van der Waals surface area contributed by atoms with Crippen molar-refractivity contribution in [2.45, 2.75) is 19.4 Å². The maximum absolute atomic E-state index is 10.1. The van der Waals surface area contributed by atoms with Gasteiger partial charge >= 0.3 is 0 Å². The van der Waals surface area contributed by atoms with E-state index in [1.165, 1.54) is 0 Å². The van der Waals surface area contributed by atoms with Gasteiger partial charge in [0.25, 0.3) is 0 Å². The van der Waals surface area contributed by atoms with Gasteiger partial charge < -0.3 is 5.11 Å². The maximum atomic E-state index is 10.1. The van der Waals surface area contributed by atoms with Crippen LogP contribution in [0.1, 0.15) is 23.3 Å². The van der Waals surface area contributed by atoms with Crippen molar-refractivity contribution in [1.29, 1.82) is 0 Å². The third-order valence-corrected chi connectivity index (χ3v) is 3.46. The largest absolute Gasteiger partial charge is 0.386 e. The second-order valence-corrected chi connectivity index (χ2v) is 4.95. The van der Waals surface area contributed by atoms with E-state index >= 15 is 0 Å². The smallest absolute Gasteiger partial charge is 0.193 e. The molecule has 0 saturated carbocycles. The van der Waals surface area contributed by atoms with E-state index in [9.17, 15) is 5.11 Å². The average molecular weight is 260 g/mol. The number of imidazole rings is 1. The van der Waals surface area contributed by atoms with Crippen LogP contribution in [-0.2, 0) is 6.42 Å². The summed E-state index contributed by atoms with van der Waals surface area (Å²) in [6.07, 6.45) is 5.37. The molecule has 18 heavy (non-hydrogen) atoms. The van der Waals surface area contributed by atoms with Crippen LogP contribution in [0.15, 0.2) is 30.0 Å². The number of hydrogen-bond donors (Lipinski definition) is 1. The molecular weight excluding hydrogens is 248 g/mol. The Hall–Kier alpha value is -1.79. The Morgan fingerprint density at radius 1 is 1.44 bits per heavy atom. The van der Waals surface area contributed by atoms with E-state index in [0.29, 0.717) is 17.9 Å². The summed E-state index contributed by atoms with van der Waals surface area (Å²) in [6, 6.07) is 1.73. The van der Waals surface area contributed by atoms with Crippen molar-refractivity contribution in [2.75, 3.05) is 0 Å². The van der Waals surface area contributed by atoms with Gasteiger partial charge in [0.2, 0.25) is 0 Å². The molecule has 6 heteroatoms. The molecule has 5 nitrogen and oxygen atoms in total. The SMILES string of the molecule is Cc1nccc(C(O)Cc2cn3ccsc3n2)n1. The van der Waals surface area contributed by atoms with E-state index in [1.807, 2.05) is 29.1 Å². The van der Waals surface area contributed by atoms with Crippen LogP contribution in [0.2, 0.25) is 0 Å². The molecule has 0 radical (unpaired) electrons. The van der Waals surface area contributed by atoms with E-state index in [2.05, 4.69) is 15.0 Å². The first kappa shape index (κ1) is 11.3. The van der Waals surface area contributed by atoms with Crippen molar-refractivity contribution >= 4 is 16.3 Å². The molecule has 3 heterocycles. The van der Waals surface area contributed by atoms with Crippen molar-refractivity contribution < 1.29 is 5.11 Å². The molecule has 1 unspecified atom stereocenters. The summed E-state index contributed by atoms with van der Waals surface area (Å²) in [7, 11) is 0. The van der Waals surface area contributed by atoms with Crippen molar-refractivity contribution in [1.82, 2.24) is 19.4 Å². The highest BCUT2D eigenvalue weighted by Gasteiger charge is 2.13. The number of fused-ring (bicyclic) bond motifs is 1. The minimum Gasteiger partial charge on any atom is -0.386 e. The number of aryl methyl sites for hydroxylation is 1. The number of aromatic nitrogens is 4. The Labute approximate surface area is 108 Å². The van der Waals surface area contributed by atoms with Crippen molar-refractivity contribution in [3.63, 3.8) is 0 Å². The van der Waals surface area contributed by atoms with Gasteiger partial charge in [0, 0.05) is 30.4 Å². The zero-order chi connectivity index (χ0) is 12.5. The van der Waals surface area contributed by atoms with Crippen LogP contribution in [0, 0.1) is 6.92 Å². The topological polar surface area (TPSA) is 63.3 Å². The van der Waals surface area contributed by atoms with E-state index in [0.717, 1.165) is 10.7 Å². The van der Waals surface area contributed by atoms with Gasteiger partial charge in [0.1, 0.15) is 11.9 Å². The van der Waals surface area contributed by atoms with Gasteiger partial charge in [-0.15, -0.1) is 11.3 Å². The Bertz CT molecular complexity index is 647. The van der Waals surface area contributed by atoms with Gasteiger partial charge in [0.05, 0.1) is 11.4 Å². The Morgan fingerprint density at radius 2 is 2.33 bits per heavy atom. The second-order valence-electron chi connectivity index (χ2n) is 4.07. The highest BCUT2D eigenvalue weighted by Crippen LogP contribution is 2.18. The third kappa shape index (κ3) is 2.12. The van der Waals surface area contributed by atoms with E-state index < -0.39 is 6.10 Å². The minimum atomic E-state index is -0.642. The molecule has 0 saturated heterocycles. The molecule has 0 spiro atoms. The summed E-state index contributed by atoms with van der Waals surface area (Å²) >= 11 is 1.58. The average Bonchev–Trinajstić information content (AvgIpc) is 2.89. The minimum absolute atomic E-state index is 0.463. The molecule has 0 amide bonds. The van der Waals surface area contributed by atoms with Crippen molar-refractivity contribution in [3.8, 4) is 0 Å². The van der Waals surface area contributed by atoms with Crippen LogP contribution in [-0.4, -0.2) is 24.5 Å². The zero-order valence-corrected chi connectivity index (χ0v) is 10.6. The molecule has 3 rings (SSSR count). The highest BCUT2D eigenvalue weighted by molar-refractivity contribution is 7.15. The predicted octanol–water partition coefficient (Wildman–Crippen LogP) is 1.77. The van der Waals surface area contributed by atoms with Crippen LogP contribution in [0.3, 0.4) is 0 Å². The quantitative estimate of drug-likeness (QED) is 0.779. The second kappa shape index (κ2) is 4.47. The van der Waals surface area contributed by atoms with Crippen LogP contribution < -0.4 is 0 Å². The summed E-state index contributed by atoms with van der Waals surface area (Å²) in [5, 5.41) is 12.1. The normalized spacial score (nSPS) is 13.0. The summed E-state index contributed by atoms with van der Waals surface area (Å²) < 4.78 is 1.96. The molecule has 0 aliphatic rings. The van der Waals surface area contributed by atoms with Gasteiger partial charge in [0.15, 0.2) is 4.96 Å². The number of hydrogen-bond acceptors (Lipinski definition) is 5. The molecule has 0 aromatic carbocycles. The first-order valence-electron chi connectivity index (χ1n) is 5.61. The van der Waals surface area contributed by atoms with Gasteiger partial charge in [-0.1, -0.05) is 0 Å². The molecule has 3 aromatic rings. The lowest BCUT2D eigenvalue weighted by Crippen LogP contribution is -2.05. The fourth-order valence-corrected chi connectivity index (χ4v) is 2.56. The van der Waals surface area contributed by atoms with Crippen molar-refractivity contribution in [3.05, 3.63) is 47.2 Å². The van der Waals surface area contributed by atoms with Gasteiger partial charge in [-0.2, -0.15) is 0 Å². The Morgan fingerprint density at radius 3 is 3.11 bits per heavy atom. The molecule has 0 fully saturated rings. The van der Waals surface area contributed by atoms with Gasteiger partial charge in [-0.3, -0.25) is 4.40 Å². The molecule has 0 aliphatic carbocycles. The number of thiazole rings is 1. The van der Waals surface area contributed by atoms with Crippen molar-refractivity contribution in [2.24, 2.45) is 0 Å². The number of aliphatic hydroxyl groups excluding tert-OH is 1. The Kier molecular flexibility index (Phi) is 2.81. The monoisotopic (exact) mass is 260 g/mol. The fourth-order valence-electron chi connectivity index (χ4n) is 1.84. The van der Waals surface area contributed by atoms with Gasteiger partial charge in [-0.25, -0.2) is 15.0 Å². The molecule has 92 valence electrons. The first-order valence-corrected chi connectivity index (χ1v) is 6.49. The van der Waals surface area contributed by atoms with Crippen LogP contribution in [0.25, 0.3) is 4.96 Å². The van der Waals surface area contributed by atoms with Gasteiger partial charge in [-0.05, 0) is 13.0 Å². The fraction of sp³-hybridized carbons (Fsp3) is 0.250. The number of rotatable bonds is 3. The molecular formula is C12H12N4OS. The Balaban J connectivity index is 1.81. The predicted molar refractivity (Wildman–Crippen MR) is 68.5 cm³/mol. The third-order valence-electron chi connectivity index (χ3n) is 2.68.